The molecular weight excluding hydrogens is 359 g/mol. The van der Waals surface area contributed by atoms with Crippen LogP contribution >= 0.6 is 0 Å². The van der Waals surface area contributed by atoms with E-state index in [-0.39, 0.29) is 46.5 Å². The van der Waals surface area contributed by atoms with Crippen LogP contribution in [0, 0.1) is 6.92 Å². The normalized spacial score (nSPS) is 8.13. The molecule has 23 heavy (non-hydrogen) atoms. The predicted octanol–water partition coefficient (Wildman–Crippen LogP) is 0.153. The summed E-state index contributed by atoms with van der Waals surface area (Å²) in [5, 5.41) is 2.66. The van der Waals surface area contributed by atoms with Gasteiger partial charge < -0.3 is 31.7 Å². The van der Waals surface area contributed by atoms with Crippen LogP contribution < -0.4 is 24.8 Å². The van der Waals surface area contributed by atoms with E-state index in [1.54, 1.807) is 6.92 Å². The Labute approximate surface area is 169 Å². The molecule has 0 heterocycles. The fourth-order valence-corrected chi connectivity index (χ4v) is 2.03. The molecule has 0 saturated heterocycles. The van der Waals surface area contributed by atoms with Gasteiger partial charge in [-0.1, -0.05) is 32.3 Å². The Morgan fingerprint density at radius 3 is 2.13 bits per heavy atom. The molecule has 126 valence electrons. The van der Waals surface area contributed by atoms with Gasteiger partial charge >= 0.3 is 21.7 Å². The van der Waals surface area contributed by atoms with Crippen LogP contribution in [0.25, 0.3) is 10.8 Å². The Balaban J connectivity index is -0.000000281. The number of halogens is 2. The molecule has 0 spiro atoms. The monoisotopic (exact) mass is 383 g/mol. The number of hydrogen-bond donors (Lipinski definition) is 0. The van der Waals surface area contributed by atoms with E-state index < -0.39 is 0 Å². The number of rotatable bonds is 3. The van der Waals surface area contributed by atoms with E-state index in [0.717, 1.165) is 0 Å². The molecule has 0 fully saturated rings. The average Bonchev–Trinajstić information content (AvgIpc) is 3.19. The van der Waals surface area contributed by atoms with Crippen molar-refractivity contribution in [1.29, 1.82) is 0 Å². The zero-order chi connectivity index (χ0) is 14.6. The van der Waals surface area contributed by atoms with Crippen molar-refractivity contribution in [3.8, 4) is 0 Å². The third-order valence-corrected chi connectivity index (χ3v) is 3.10. The first-order valence-corrected chi connectivity index (χ1v) is 7.42. The Kier molecular flexibility index (Phi) is 21.2. The van der Waals surface area contributed by atoms with E-state index in [4.69, 9.17) is 0 Å². The van der Waals surface area contributed by atoms with Crippen LogP contribution in [0.5, 0.6) is 0 Å². The second kappa shape index (κ2) is 17.8. The maximum atomic E-state index is 3.25. The minimum atomic E-state index is 0. The van der Waals surface area contributed by atoms with Gasteiger partial charge in [0, 0.05) is 0 Å². The van der Waals surface area contributed by atoms with Crippen molar-refractivity contribution in [2.75, 3.05) is 0 Å². The van der Waals surface area contributed by atoms with Crippen molar-refractivity contribution >= 4 is 10.8 Å². The van der Waals surface area contributed by atoms with Crippen molar-refractivity contribution in [3.05, 3.63) is 79.2 Å². The third-order valence-electron chi connectivity index (χ3n) is 3.10. The van der Waals surface area contributed by atoms with Crippen molar-refractivity contribution in [2.24, 2.45) is 0 Å². The topological polar surface area (TPSA) is 0 Å². The van der Waals surface area contributed by atoms with Crippen molar-refractivity contribution in [3.63, 3.8) is 0 Å². The molecule has 0 aromatic heterocycles. The molecular formula is C20H25Cl2Ti-3. The zero-order valence-corrected chi connectivity index (χ0v) is 17.0. The van der Waals surface area contributed by atoms with Crippen LogP contribution in [-0.2, 0) is 28.1 Å². The summed E-state index contributed by atoms with van der Waals surface area (Å²) >= 11 is 0. The van der Waals surface area contributed by atoms with E-state index >= 15 is 0 Å². The number of unbranched alkanes of at least 4 members (excludes halogenated alkanes) is 1. The SMILES string of the molecule is CCCC[c-]1cccc1.[CH2-]C.[Cl-].[Cl-].[Ti+2].c1ccc2[cH-]ccc2c1. The van der Waals surface area contributed by atoms with Gasteiger partial charge in [-0.05, 0) is 0 Å². The predicted molar refractivity (Wildman–Crippen MR) is 91.2 cm³/mol. The molecule has 3 aromatic rings. The Hall–Kier alpha value is -0.526. The molecule has 0 amide bonds. The molecule has 3 heteroatoms. The third kappa shape index (κ3) is 10.8. The minimum absolute atomic E-state index is 0. The summed E-state index contributed by atoms with van der Waals surface area (Å²) in [5.41, 5.74) is 1.48. The first-order chi connectivity index (χ1) is 9.90. The number of hydrogen-bond acceptors (Lipinski definition) is 0. The Bertz CT molecular complexity index is 526. The van der Waals surface area contributed by atoms with E-state index in [2.05, 4.69) is 80.6 Å². The summed E-state index contributed by atoms with van der Waals surface area (Å²) in [6.45, 7) is 7.23. The molecule has 0 aliphatic rings. The average molecular weight is 384 g/mol. The number of aryl methyl sites for hydroxylation is 1. The van der Waals surface area contributed by atoms with Gasteiger partial charge in [-0.25, -0.2) is 12.1 Å². The minimum Gasteiger partial charge on any atom is -1.00 e. The van der Waals surface area contributed by atoms with Crippen LogP contribution in [0.3, 0.4) is 0 Å². The molecule has 3 aromatic carbocycles. The first-order valence-electron chi connectivity index (χ1n) is 7.42. The van der Waals surface area contributed by atoms with Crippen molar-refractivity contribution in [1.82, 2.24) is 0 Å². The summed E-state index contributed by atoms with van der Waals surface area (Å²) in [7, 11) is 0. The van der Waals surface area contributed by atoms with Crippen LogP contribution in [0.1, 0.15) is 32.3 Å². The summed E-state index contributed by atoms with van der Waals surface area (Å²) in [6, 6.07) is 23.3. The first kappa shape index (κ1) is 27.3. The fourth-order valence-electron chi connectivity index (χ4n) is 2.03. The number of fused-ring (bicyclic) bond motifs is 1. The van der Waals surface area contributed by atoms with Crippen molar-refractivity contribution < 1.29 is 46.5 Å². The van der Waals surface area contributed by atoms with Gasteiger partial charge in [-0.15, -0.1) is 29.7 Å². The maximum absolute atomic E-state index is 3.25. The molecule has 0 bridgehead atoms. The zero-order valence-electron chi connectivity index (χ0n) is 13.9. The molecule has 0 atom stereocenters. The summed E-state index contributed by atoms with van der Waals surface area (Å²) < 4.78 is 0. The van der Waals surface area contributed by atoms with Gasteiger partial charge in [0.2, 0.25) is 0 Å². The Morgan fingerprint density at radius 2 is 1.57 bits per heavy atom. The summed E-state index contributed by atoms with van der Waals surface area (Å²) in [4.78, 5) is 0. The quantitative estimate of drug-likeness (QED) is 0.446. The fraction of sp³-hybridized carbons (Fsp3) is 0.250. The van der Waals surface area contributed by atoms with Crippen LogP contribution in [0.15, 0.2) is 66.7 Å². The van der Waals surface area contributed by atoms with Gasteiger partial charge in [-0.2, -0.15) is 42.1 Å². The summed E-state index contributed by atoms with van der Waals surface area (Å²) in [5.74, 6) is 0. The van der Waals surface area contributed by atoms with Gasteiger partial charge in [0.05, 0.1) is 0 Å². The van der Waals surface area contributed by atoms with Gasteiger partial charge in [-0.3, -0.25) is 0 Å². The van der Waals surface area contributed by atoms with Crippen LogP contribution in [0.4, 0.5) is 0 Å². The van der Waals surface area contributed by atoms with E-state index in [1.165, 1.54) is 35.6 Å². The second-order valence-corrected chi connectivity index (χ2v) is 4.55. The summed E-state index contributed by atoms with van der Waals surface area (Å²) in [6.07, 6.45) is 3.87. The largest absolute Gasteiger partial charge is 2.00 e. The molecule has 0 aliphatic heterocycles. The van der Waals surface area contributed by atoms with E-state index in [9.17, 15) is 0 Å². The molecule has 0 saturated carbocycles. The van der Waals surface area contributed by atoms with Crippen LogP contribution in [-0.4, -0.2) is 0 Å². The van der Waals surface area contributed by atoms with Gasteiger partial charge in [0.25, 0.3) is 0 Å². The molecule has 0 N–H and O–H groups in total. The van der Waals surface area contributed by atoms with Crippen LogP contribution in [0.2, 0.25) is 0 Å². The molecule has 0 radical (unpaired) electrons. The molecule has 3 rings (SSSR count). The van der Waals surface area contributed by atoms with Gasteiger partial charge in [0.15, 0.2) is 0 Å². The van der Waals surface area contributed by atoms with Crippen molar-refractivity contribution in [2.45, 2.75) is 33.1 Å². The smallest absolute Gasteiger partial charge is 1.00 e. The van der Waals surface area contributed by atoms with E-state index in [1.807, 2.05) is 0 Å². The maximum Gasteiger partial charge on any atom is 2.00 e. The molecule has 0 aliphatic carbocycles. The molecule has 0 nitrogen and oxygen atoms in total. The Morgan fingerprint density at radius 1 is 0.957 bits per heavy atom. The van der Waals surface area contributed by atoms with E-state index in [0.29, 0.717) is 0 Å². The second-order valence-electron chi connectivity index (χ2n) is 4.55. The standard InChI is InChI=1S/C9H7.C9H13.C2H5.2ClH.Ti/c1-2-5-9-7-3-6-8(9)4-1;1-2-3-6-9-7-4-5-8-9;1-2;;;/h1-7H;4-5,7-8H,2-3,6H2,1H3;1H2,2H3;2*1H;/q3*-1;;;+2/p-2. The molecule has 0 unspecified atom stereocenters. The van der Waals surface area contributed by atoms with Gasteiger partial charge in [0.1, 0.15) is 0 Å². The number of benzene rings is 1.